The number of nitrogens with zero attached hydrogens (tertiary/aromatic N) is 1. The van der Waals surface area contributed by atoms with E-state index in [0.717, 1.165) is 24.2 Å². The van der Waals surface area contributed by atoms with Crippen molar-refractivity contribution in [1.82, 2.24) is 0 Å². The Balaban J connectivity index is 3.08. The van der Waals surface area contributed by atoms with Crippen LogP contribution in [0, 0.1) is 11.3 Å². The topological polar surface area (TPSA) is 56.0 Å². The summed E-state index contributed by atoms with van der Waals surface area (Å²) in [7, 11) is 0. The Labute approximate surface area is 101 Å². The van der Waals surface area contributed by atoms with E-state index in [4.69, 9.17) is 22.0 Å². The Morgan fingerprint density at radius 2 is 2.25 bits per heavy atom. The van der Waals surface area contributed by atoms with Gasteiger partial charge in [0.05, 0.1) is 10.6 Å². The molecule has 0 bridgehead atoms. The zero-order chi connectivity index (χ0) is 12.0. The molecular formula is C12H15ClN2O. The molecule has 1 rings (SSSR count). The van der Waals surface area contributed by atoms with E-state index in [1.165, 1.54) is 0 Å². The molecule has 4 heteroatoms. The van der Waals surface area contributed by atoms with Crippen molar-refractivity contribution in [2.24, 2.45) is 0 Å². The quantitative estimate of drug-likeness (QED) is 0.829. The van der Waals surface area contributed by atoms with E-state index in [0.29, 0.717) is 17.0 Å². The molecule has 16 heavy (non-hydrogen) atoms. The summed E-state index contributed by atoms with van der Waals surface area (Å²) < 4.78 is 0. The van der Waals surface area contributed by atoms with Gasteiger partial charge in [0.15, 0.2) is 0 Å². The number of hydrogen-bond donors (Lipinski definition) is 2. The normalized spacial score (nSPS) is 9.88. The highest BCUT2D eigenvalue weighted by Gasteiger charge is 2.10. The Morgan fingerprint density at radius 1 is 1.50 bits per heavy atom. The first-order chi connectivity index (χ1) is 7.74. The van der Waals surface area contributed by atoms with Crippen LogP contribution in [-0.4, -0.2) is 18.3 Å². The summed E-state index contributed by atoms with van der Waals surface area (Å²) in [5.74, 6) is 0. The van der Waals surface area contributed by atoms with E-state index < -0.39 is 0 Å². The number of halogens is 1. The molecule has 0 saturated carbocycles. The maximum atomic E-state index is 8.99. The Kier molecular flexibility index (Phi) is 5.10. The van der Waals surface area contributed by atoms with E-state index in [1.54, 1.807) is 6.07 Å². The van der Waals surface area contributed by atoms with Crippen molar-refractivity contribution in [1.29, 1.82) is 5.26 Å². The molecule has 1 aromatic carbocycles. The van der Waals surface area contributed by atoms with Crippen LogP contribution in [0.5, 0.6) is 0 Å². The molecule has 0 atom stereocenters. The molecule has 0 heterocycles. The number of aliphatic hydroxyl groups excluding tert-OH is 1. The summed E-state index contributed by atoms with van der Waals surface area (Å²) in [6.07, 6.45) is 1.47. The van der Waals surface area contributed by atoms with Gasteiger partial charge in [0.2, 0.25) is 0 Å². The van der Waals surface area contributed by atoms with Gasteiger partial charge in [0.1, 0.15) is 6.07 Å². The number of nitriles is 1. The molecule has 2 N–H and O–H groups in total. The second-order valence-corrected chi connectivity index (χ2v) is 3.84. The van der Waals surface area contributed by atoms with Crippen molar-refractivity contribution in [3.05, 3.63) is 28.3 Å². The molecular weight excluding hydrogens is 224 g/mol. The molecule has 3 nitrogen and oxygen atoms in total. The monoisotopic (exact) mass is 238 g/mol. The van der Waals surface area contributed by atoms with Gasteiger partial charge in [0, 0.05) is 18.8 Å². The largest absolute Gasteiger partial charge is 0.396 e. The van der Waals surface area contributed by atoms with Gasteiger partial charge in [-0.2, -0.15) is 5.26 Å². The highest BCUT2D eigenvalue weighted by Crippen LogP contribution is 2.28. The smallest absolute Gasteiger partial charge is 0.101 e. The maximum absolute atomic E-state index is 8.99. The van der Waals surface area contributed by atoms with Crippen LogP contribution in [0.2, 0.25) is 5.02 Å². The van der Waals surface area contributed by atoms with Crippen LogP contribution >= 0.6 is 11.6 Å². The third-order valence-corrected chi connectivity index (χ3v) is 2.72. The second kappa shape index (κ2) is 6.37. The van der Waals surface area contributed by atoms with Gasteiger partial charge < -0.3 is 10.4 Å². The predicted octanol–water partition coefficient (Wildman–Crippen LogP) is 2.57. The Bertz CT molecular complexity index is 399. The van der Waals surface area contributed by atoms with Crippen molar-refractivity contribution in [3.63, 3.8) is 0 Å². The molecule has 0 amide bonds. The van der Waals surface area contributed by atoms with Crippen molar-refractivity contribution < 1.29 is 5.11 Å². The predicted molar refractivity (Wildman–Crippen MR) is 65.7 cm³/mol. The summed E-state index contributed by atoms with van der Waals surface area (Å²) in [4.78, 5) is 0. The van der Waals surface area contributed by atoms with Gasteiger partial charge in [-0.05, 0) is 30.5 Å². The third-order valence-electron chi connectivity index (χ3n) is 2.29. The maximum Gasteiger partial charge on any atom is 0.101 e. The summed E-state index contributed by atoms with van der Waals surface area (Å²) in [5.41, 5.74) is 2.17. The minimum Gasteiger partial charge on any atom is -0.396 e. The Morgan fingerprint density at radius 3 is 2.81 bits per heavy atom. The van der Waals surface area contributed by atoms with E-state index in [1.807, 2.05) is 12.1 Å². The molecule has 0 aliphatic rings. The van der Waals surface area contributed by atoms with E-state index >= 15 is 0 Å². The zero-order valence-electron chi connectivity index (χ0n) is 9.26. The Hall–Kier alpha value is -1.24. The van der Waals surface area contributed by atoms with Gasteiger partial charge in [-0.3, -0.25) is 0 Å². The molecule has 0 aliphatic carbocycles. The first-order valence-corrected chi connectivity index (χ1v) is 5.68. The standard InChI is InChI=1S/C12H15ClN2O/c1-2-6-15-11-4-3-9(8-14)12(13)10(11)5-7-16/h3-4,15-16H,2,5-7H2,1H3. The summed E-state index contributed by atoms with van der Waals surface area (Å²) in [6.45, 7) is 2.94. The summed E-state index contributed by atoms with van der Waals surface area (Å²) >= 11 is 6.10. The molecule has 0 spiro atoms. The minimum absolute atomic E-state index is 0.0232. The first kappa shape index (κ1) is 12.8. The summed E-state index contributed by atoms with van der Waals surface area (Å²) in [6, 6.07) is 5.57. The third kappa shape index (κ3) is 2.88. The number of hydrogen-bond acceptors (Lipinski definition) is 3. The van der Waals surface area contributed by atoms with Crippen LogP contribution in [-0.2, 0) is 6.42 Å². The lowest BCUT2D eigenvalue weighted by atomic mass is 10.1. The molecule has 0 aromatic heterocycles. The van der Waals surface area contributed by atoms with Crippen LogP contribution in [0.25, 0.3) is 0 Å². The van der Waals surface area contributed by atoms with E-state index in [2.05, 4.69) is 12.2 Å². The lowest BCUT2D eigenvalue weighted by molar-refractivity contribution is 0.300. The minimum atomic E-state index is 0.0232. The van der Waals surface area contributed by atoms with Gasteiger partial charge in [-0.25, -0.2) is 0 Å². The van der Waals surface area contributed by atoms with Gasteiger partial charge in [-0.1, -0.05) is 18.5 Å². The summed E-state index contributed by atoms with van der Waals surface area (Å²) in [5, 5.41) is 21.5. The van der Waals surface area contributed by atoms with E-state index in [9.17, 15) is 0 Å². The number of anilines is 1. The molecule has 0 saturated heterocycles. The molecule has 86 valence electrons. The van der Waals surface area contributed by atoms with Crippen LogP contribution < -0.4 is 5.32 Å². The lowest BCUT2D eigenvalue weighted by Gasteiger charge is -2.13. The van der Waals surface area contributed by atoms with E-state index in [-0.39, 0.29) is 6.61 Å². The number of rotatable bonds is 5. The number of aliphatic hydroxyl groups is 1. The van der Waals surface area contributed by atoms with Crippen molar-refractivity contribution in [3.8, 4) is 6.07 Å². The number of nitrogens with one attached hydrogen (secondary N) is 1. The van der Waals surface area contributed by atoms with Crippen molar-refractivity contribution in [2.75, 3.05) is 18.5 Å². The molecule has 0 radical (unpaired) electrons. The fraction of sp³-hybridized carbons (Fsp3) is 0.417. The van der Waals surface area contributed by atoms with Gasteiger partial charge >= 0.3 is 0 Å². The highest BCUT2D eigenvalue weighted by molar-refractivity contribution is 6.32. The number of benzene rings is 1. The van der Waals surface area contributed by atoms with Crippen LogP contribution in [0.15, 0.2) is 12.1 Å². The van der Waals surface area contributed by atoms with Crippen LogP contribution in [0.3, 0.4) is 0 Å². The average molecular weight is 239 g/mol. The molecule has 0 unspecified atom stereocenters. The average Bonchev–Trinajstić information content (AvgIpc) is 2.30. The fourth-order valence-corrected chi connectivity index (χ4v) is 1.79. The molecule has 1 aromatic rings. The van der Waals surface area contributed by atoms with Crippen molar-refractivity contribution in [2.45, 2.75) is 19.8 Å². The van der Waals surface area contributed by atoms with Crippen LogP contribution in [0.4, 0.5) is 5.69 Å². The SMILES string of the molecule is CCCNc1ccc(C#N)c(Cl)c1CCO. The van der Waals surface area contributed by atoms with Crippen LogP contribution in [0.1, 0.15) is 24.5 Å². The zero-order valence-corrected chi connectivity index (χ0v) is 10.0. The lowest BCUT2D eigenvalue weighted by Crippen LogP contribution is -2.05. The molecule has 0 fully saturated rings. The van der Waals surface area contributed by atoms with Crippen molar-refractivity contribution >= 4 is 17.3 Å². The van der Waals surface area contributed by atoms with Gasteiger partial charge in [0.25, 0.3) is 0 Å². The molecule has 0 aliphatic heterocycles. The first-order valence-electron chi connectivity index (χ1n) is 5.30. The van der Waals surface area contributed by atoms with Gasteiger partial charge in [-0.15, -0.1) is 0 Å². The fourth-order valence-electron chi connectivity index (χ4n) is 1.49. The second-order valence-electron chi connectivity index (χ2n) is 3.47. The highest BCUT2D eigenvalue weighted by atomic mass is 35.5.